The van der Waals surface area contributed by atoms with Gasteiger partial charge in [0.25, 0.3) is 5.91 Å². The third kappa shape index (κ3) is 4.22. The Bertz CT molecular complexity index is 1150. The Hall–Kier alpha value is -3.00. The van der Waals surface area contributed by atoms with Crippen molar-refractivity contribution < 1.29 is 14.3 Å². The highest BCUT2D eigenvalue weighted by Crippen LogP contribution is 2.20. The molecule has 0 atom stereocenters. The fourth-order valence-electron chi connectivity index (χ4n) is 3.02. The van der Waals surface area contributed by atoms with Gasteiger partial charge in [-0.25, -0.2) is 4.79 Å². The van der Waals surface area contributed by atoms with Crippen molar-refractivity contribution >= 4 is 33.4 Å². The van der Waals surface area contributed by atoms with Crippen LogP contribution in [0, 0.1) is 6.92 Å². The number of carbonyl (C=O) groups excluding carboxylic acids is 2. The molecule has 3 rings (SSSR count). The highest BCUT2D eigenvalue weighted by molar-refractivity contribution is 7.16. The van der Waals surface area contributed by atoms with E-state index in [1.807, 2.05) is 31.4 Å². The van der Waals surface area contributed by atoms with Gasteiger partial charge in [-0.15, -0.1) is 6.58 Å². The third-order valence-electron chi connectivity index (χ3n) is 4.27. The summed E-state index contributed by atoms with van der Waals surface area (Å²) in [6.45, 7) is 12.2. The Balaban J connectivity index is 2.12. The molecule has 0 aliphatic rings. The molecule has 0 saturated heterocycles. The lowest BCUT2D eigenvalue weighted by molar-refractivity contribution is 0.0526. The normalized spacial score (nSPS) is 12.0. The summed E-state index contributed by atoms with van der Waals surface area (Å²) in [5.74, 6) is -0.724. The number of nitrogens with zero attached hydrogens (tertiary/aromatic N) is 4. The van der Waals surface area contributed by atoms with Crippen molar-refractivity contribution in [2.24, 2.45) is 4.99 Å². The molecule has 0 N–H and O–H groups in total. The zero-order chi connectivity index (χ0) is 21.1. The van der Waals surface area contributed by atoms with Gasteiger partial charge in [0.2, 0.25) is 0 Å². The van der Waals surface area contributed by atoms with Crippen LogP contribution in [0.25, 0.3) is 10.2 Å². The lowest BCUT2D eigenvalue weighted by Crippen LogP contribution is -2.18. The molecule has 0 saturated carbocycles. The summed E-state index contributed by atoms with van der Waals surface area (Å²) in [6.07, 6.45) is 1.75. The number of allylic oxidation sites excluding steroid dienone is 1. The van der Waals surface area contributed by atoms with E-state index >= 15 is 0 Å². The van der Waals surface area contributed by atoms with Crippen molar-refractivity contribution in [2.45, 2.75) is 40.3 Å². The maximum absolute atomic E-state index is 12.9. The first-order valence-electron chi connectivity index (χ1n) is 9.42. The molecule has 29 heavy (non-hydrogen) atoms. The van der Waals surface area contributed by atoms with E-state index in [0.717, 1.165) is 15.9 Å². The molecule has 8 heteroatoms. The molecule has 0 fully saturated rings. The molecule has 0 unspecified atom stereocenters. The number of carbonyl (C=O) groups is 2. The number of thiazole rings is 1. The number of ether oxygens (including phenoxy) is 1. The van der Waals surface area contributed by atoms with E-state index < -0.39 is 0 Å². The first-order chi connectivity index (χ1) is 13.8. The van der Waals surface area contributed by atoms with Crippen LogP contribution < -0.4 is 4.80 Å². The molecule has 0 bridgehead atoms. The Labute approximate surface area is 173 Å². The molecule has 152 valence electrons. The molecule has 2 heterocycles. The van der Waals surface area contributed by atoms with Crippen LogP contribution in [-0.4, -0.2) is 32.8 Å². The number of amides is 1. The van der Waals surface area contributed by atoms with Gasteiger partial charge < -0.3 is 9.30 Å². The van der Waals surface area contributed by atoms with E-state index in [0.29, 0.717) is 29.2 Å². The minimum Gasteiger partial charge on any atom is -0.462 e. The van der Waals surface area contributed by atoms with Gasteiger partial charge in [0.05, 0.1) is 28.1 Å². The summed E-state index contributed by atoms with van der Waals surface area (Å²) in [5, 5.41) is 4.39. The number of esters is 1. The van der Waals surface area contributed by atoms with Gasteiger partial charge in [-0.2, -0.15) is 10.1 Å². The molecule has 0 aliphatic carbocycles. The average molecular weight is 413 g/mol. The van der Waals surface area contributed by atoms with Gasteiger partial charge in [0.1, 0.15) is 5.69 Å². The predicted octanol–water partition coefficient (Wildman–Crippen LogP) is 3.89. The Morgan fingerprint density at radius 3 is 2.76 bits per heavy atom. The number of aromatic nitrogens is 3. The van der Waals surface area contributed by atoms with Gasteiger partial charge in [0, 0.05) is 12.6 Å². The quantitative estimate of drug-likeness (QED) is 0.454. The minimum atomic E-state index is -0.371. The van der Waals surface area contributed by atoms with Crippen molar-refractivity contribution in [2.75, 3.05) is 6.61 Å². The Morgan fingerprint density at radius 1 is 1.34 bits per heavy atom. The van der Waals surface area contributed by atoms with Crippen molar-refractivity contribution in [3.8, 4) is 0 Å². The minimum absolute atomic E-state index is 0.0488. The second-order valence-electron chi connectivity index (χ2n) is 6.81. The average Bonchev–Trinajstić information content (AvgIpc) is 3.23. The van der Waals surface area contributed by atoms with Crippen LogP contribution in [0.4, 0.5) is 0 Å². The van der Waals surface area contributed by atoms with Gasteiger partial charge in [-0.05, 0) is 52.0 Å². The first-order valence-corrected chi connectivity index (χ1v) is 10.2. The highest BCUT2D eigenvalue weighted by Gasteiger charge is 2.17. The first kappa shape index (κ1) is 20.7. The van der Waals surface area contributed by atoms with E-state index in [1.54, 1.807) is 35.9 Å². The molecular formula is C21H24N4O3S. The zero-order valence-corrected chi connectivity index (χ0v) is 17.8. The monoisotopic (exact) mass is 412 g/mol. The number of hydrogen-bond donors (Lipinski definition) is 0. The van der Waals surface area contributed by atoms with Crippen molar-refractivity contribution in [3.05, 3.63) is 58.7 Å². The topological polar surface area (TPSA) is 78.5 Å². The summed E-state index contributed by atoms with van der Waals surface area (Å²) < 4.78 is 9.51. The van der Waals surface area contributed by atoms with E-state index in [1.165, 1.54) is 11.3 Å². The van der Waals surface area contributed by atoms with E-state index in [-0.39, 0.29) is 17.9 Å². The number of rotatable bonds is 6. The van der Waals surface area contributed by atoms with E-state index in [4.69, 9.17) is 4.74 Å². The number of fused-ring (bicyclic) bond motifs is 1. The van der Waals surface area contributed by atoms with Crippen molar-refractivity contribution in [1.29, 1.82) is 0 Å². The summed E-state index contributed by atoms with van der Waals surface area (Å²) in [7, 11) is 0. The molecule has 0 aliphatic heterocycles. The standard InChI is InChI=1S/C21H24N4O3S/c1-6-10-24-16-9-8-15(20(27)28-7-2)12-18(16)29-21(24)22-19(26)17-11-14(5)23-25(17)13(3)4/h6,8-9,11-13H,1,7,10H2,2-5H3. The molecular weight excluding hydrogens is 388 g/mol. The Morgan fingerprint density at radius 2 is 2.10 bits per heavy atom. The van der Waals surface area contributed by atoms with Gasteiger partial charge >= 0.3 is 5.97 Å². The lowest BCUT2D eigenvalue weighted by Gasteiger charge is -2.08. The number of benzene rings is 1. The number of hydrogen-bond acceptors (Lipinski definition) is 5. The van der Waals surface area contributed by atoms with Crippen LogP contribution in [-0.2, 0) is 11.3 Å². The van der Waals surface area contributed by atoms with Crippen LogP contribution in [0.1, 0.15) is 53.4 Å². The van der Waals surface area contributed by atoms with Crippen molar-refractivity contribution in [3.63, 3.8) is 0 Å². The third-order valence-corrected chi connectivity index (χ3v) is 5.31. The van der Waals surface area contributed by atoms with E-state index in [9.17, 15) is 9.59 Å². The second-order valence-corrected chi connectivity index (χ2v) is 7.82. The van der Waals surface area contributed by atoms with Crippen LogP contribution >= 0.6 is 11.3 Å². The summed E-state index contributed by atoms with van der Waals surface area (Å²) in [6, 6.07) is 7.12. The fraction of sp³-hybridized carbons (Fsp3) is 0.333. The molecule has 0 radical (unpaired) electrons. The predicted molar refractivity (Wildman–Crippen MR) is 113 cm³/mol. The number of aryl methyl sites for hydroxylation is 1. The van der Waals surface area contributed by atoms with Crippen molar-refractivity contribution in [1.82, 2.24) is 14.3 Å². The largest absolute Gasteiger partial charge is 0.462 e. The van der Waals surface area contributed by atoms with Gasteiger partial charge in [-0.1, -0.05) is 17.4 Å². The van der Waals surface area contributed by atoms with Gasteiger partial charge in [0.15, 0.2) is 4.80 Å². The van der Waals surface area contributed by atoms with Crippen LogP contribution in [0.5, 0.6) is 0 Å². The Kier molecular flexibility index (Phi) is 6.12. The van der Waals surface area contributed by atoms with Gasteiger partial charge in [-0.3, -0.25) is 9.48 Å². The molecule has 3 aromatic rings. The fourth-order valence-corrected chi connectivity index (χ4v) is 4.10. The highest BCUT2D eigenvalue weighted by atomic mass is 32.1. The summed E-state index contributed by atoms with van der Waals surface area (Å²) in [4.78, 5) is 29.9. The van der Waals surface area contributed by atoms with Crippen LogP contribution in [0.3, 0.4) is 0 Å². The lowest BCUT2D eigenvalue weighted by atomic mass is 10.2. The molecule has 7 nitrogen and oxygen atoms in total. The molecule has 2 aromatic heterocycles. The second kappa shape index (κ2) is 8.57. The SMILES string of the molecule is C=CCn1c(=NC(=O)c2cc(C)nn2C(C)C)sc2cc(C(=O)OCC)ccc21. The van der Waals surface area contributed by atoms with Crippen LogP contribution in [0.2, 0.25) is 0 Å². The maximum Gasteiger partial charge on any atom is 0.338 e. The smallest absolute Gasteiger partial charge is 0.338 e. The molecule has 1 amide bonds. The summed E-state index contributed by atoms with van der Waals surface area (Å²) >= 11 is 1.35. The maximum atomic E-state index is 12.9. The van der Waals surface area contributed by atoms with E-state index in [2.05, 4.69) is 16.7 Å². The van der Waals surface area contributed by atoms with Crippen LogP contribution in [0.15, 0.2) is 41.9 Å². The molecule has 1 aromatic carbocycles. The summed E-state index contributed by atoms with van der Waals surface area (Å²) in [5.41, 5.74) is 2.57. The molecule has 0 spiro atoms. The zero-order valence-electron chi connectivity index (χ0n) is 17.0.